The van der Waals surface area contributed by atoms with Crippen LogP contribution in [0, 0.1) is 18.3 Å². The van der Waals surface area contributed by atoms with Crippen LogP contribution in [-0.2, 0) is 16.3 Å². The van der Waals surface area contributed by atoms with E-state index < -0.39 is 9.84 Å². The number of hydrogen-bond acceptors (Lipinski definition) is 4. The summed E-state index contributed by atoms with van der Waals surface area (Å²) in [7, 11) is -3.30. The quantitative estimate of drug-likeness (QED) is 0.785. The number of aryl methyl sites for hydroxylation is 1. The molecule has 5 heteroatoms. The van der Waals surface area contributed by atoms with Crippen LogP contribution in [0.2, 0.25) is 0 Å². The molecular weight excluding hydrogens is 314 g/mol. The van der Waals surface area contributed by atoms with Crippen LogP contribution >= 0.6 is 11.8 Å². The molecule has 0 fully saturated rings. The Bertz CT molecular complexity index is 790. The fourth-order valence-electron chi connectivity index (χ4n) is 2.06. The van der Waals surface area contributed by atoms with Gasteiger partial charge >= 0.3 is 0 Å². The van der Waals surface area contributed by atoms with E-state index in [0.29, 0.717) is 11.3 Å². The van der Waals surface area contributed by atoms with Gasteiger partial charge in [0, 0.05) is 11.2 Å². The van der Waals surface area contributed by atoms with Crippen molar-refractivity contribution in [1.29, 1.82) is 5.26 Å². The van der Waals surface area contributed by atoms with Gasteiger partial charge in [-0.05, 0) is 31.0 Å². The van der Waals surface area contributed by atoms with Gasteiger partial charge in [-0.1, -0.05) is 42.0 Å². The Balaban J connectivity index is 2.21. The zero-order chi connectivity index (χ0) is 16.2. The van der Waals surface area contributed by atoms with Crippen molar-refractivity contribution in [2.24, 2.45) is 0 Å². The molecular formula is C17H17NO2S2. The van der Waals surface area contributed by atoms with E-state index in [-0.39, 0.29) is 10.1 Å². The van der Waals surface area contributed by atoms with E-state index in [0.717, 1.165) is 5.56 Å². The van der Waals surface area contributed by atoms with Crippen molar-refractivity contribution in [3.63, 3.8) is 0 Å². The molecule has 0 radical (unpaired) electrons. The number of sulfone groups is 1. The topological polar surface area (TPSA) is 57.9 Å². The van der Waals surface area contributed by atoms with E-state index in [2.05, 4.69) is 6.07 Å². The van der Waals surface area contributed by atoms with Gasteiger partial charge in [0.15, 0.2) is 9.84 Å². The lowest BCUT2D eigenvalue weighted by Gasteiger charge is -2.12. The van der Waals surface area contributed by atoms with Crippen LogP contribution in [0.3, 0.4) is 0 Å². The lowest BCUT2D eigenvalue weighted by atomic mass is 10.1. The van der Waals surface area contributed by atoms with Crippen LogP contribution in [0.5, 0.6) is 0 Å². The number of nitriles is 1. The minimum Gasteiger partial charge on any atom is -0.224 e. The summed E-state index contributed by atoms with van der Waals surface area (Å²) >= 11 is 1.30. The molecule has 0 saturated carbocycles. The van der Waals surface area contributed by atoms with Crippen molar-refractivity contribution in [2.45, 2.75) is 28.4 Å². The van der Waals surface area contributed by atoms with Gasteiger partial charge in [0.2, 0.25) is 0 Å². The molecule has 0 spiro atoms. The summed E-state index contributed by atoms with van der Waals surface area (Å²) in [5.74, 6) is 0. The highest BCUT2D eigenvalue weighted by Crippen LogP contribution is 2.31. The zero-order valence-electron chi connectivity index (χ0n) is 12.5. The minimum atomic E-state index is -3.30. The number of benzene rings is 2. The molecule has 2 aromatic rings. The van der Waals surface area contributed by atoms with Gasteiger partial charge in [-0.3, -0.25) is 0 Å². The first kappa shape index (κ1) is 16.6. The summed E-state index contributed by atoms with van der Waals surface area (Å²) < 4.78 is 23.6. The second kappa shape index (κ2) is 6.99. The molecule has 0 amide bonds. The second-order valence-electron chi connectivity index (χ2n) is 5.14. The summed E-state index contributed by atoms with van der Waals surface area (Å²) in [4.78, 5) is 0.910. The van der Waals surface area contributed by atoms with Gasteiger partial charge in [-0.2, -0.15) is 5.26 Å². The van der Waals surface area contributed by atoms with Crippen molar-refractivity contribution in [3.8, 4) is 6.07 Å². The summed E-state index contributed by atoms with van der Waals surface area (Å²) in [6, 6.07) is 17.1. The number of thioether (sulfide) groups is 1. The Morgan fingerprint density at radius 2 is 1.77 bits per heavy atom. The average molecular weight is 331 g/mol. The minimum absolute atomic E-state index is 0.282. The van der Waals surface area contributed by atoms with Gasteiger partial charge in [0.25, 0.3) is 0 Å². The van der Waals surface area contributed by atoms with Gasteiger partial charge in [0.05, 0.1) is 11.0 Å². The van der Waals surface area contributed by atoms with E-state index in [4.69, 9.17) is 0 Å². The fraction of sp³-hybridized carbons (Fsp3) is 0.235. The van der Waals surface area contributed by atoms with Crippen molar-refractivity contribution < 1.29 is 8.42 Å². The van der Waals surface area contributed by atoms with Gasteiger partial charge in [0.1, 0.15) is 5.25 Å². The van der Waals surface area contributed by atoms with Gasteiger partial charge in [-0.15, -0.1) is 11.8 Å². The number of hydrogen-bond donors (Lipinski definition) is 0. The maximum Gasteiger partial charge on any atom is 0.176 e. The summed E-state index contributed by atoms with van der Waals surface area (Å²) in [5.41, 5.74) is 2.24. The van der Waals surface area contributed by atoms with Crippen LogP contribution in [0.15, 0.2) is 58.3 Å². The number of rotatable bonds is 5. The molecule has 0 aliphatic heterocycles. The first-order chi connectivity index (χ1) is 10.4. The zero-order valence-corrected chi connectivity index (χ0v) is 14.1. The molecule has 0 aliphatic carbocycles. The standard InChI is InChI=1S/C17H17NO2S2/c1-13-7-9-14(10-8-13)11-15(12-18)21-16-5-3-4-6-17(16)22(2,19)20/h3-10,15H,11H2,1-2H3. The summed E-state index contributed by atoms with van der Waals surface area (Å²) in [5, 5.41) is 9.05. The maximum atomic E-state index is 11.8. The molecule has 2 aromatic carbocycles. The van der Waals surface area contributed by atoms with Crippen LogP contribution < -0.4 is 0 Å². The molecule has 0 heterocycles. The van der Waals surface area contributed by atoms with Crippen LogP contribution in [0.1, 0.15) is 11.1 Å². The third-order valence-electron chi connectivity index (χ3n) is 3.20. The maximum absolute atomic E-state index is 11.8. The molecule has 0 aliphatic rings. The molecule has 114 valence electrons. The van der Waals surface area contributed by atoms with E-state index in [1.54, 1.807) is 24.3 Å². The Hall–Kier alpha value is -1.77. The van der Waals surface area contributed by atoms with Crippen molar-refractivity contribution in [3.05, 3.63) is 59.7 Å². The summed E-state index contributed by atoms with van der Waals surface area (Å²) in [6.45, 7) is 2.02. The normalized spacial score (nSPS) is 12.6. The second-order valence-corrected chi connectivity index (χ2v) is 8.37. The first-order valence-corrected chi connectivity index (χ1v) is 9.58. The van der Waals surface area contributed by atoms with Crippen LogP contribution in [-0.4, -0.2) is 19.9 Å². The predicted octanol–water partition coefficient (Wildman–Crippen LogP) is 3.63. The third kappa shape index (κ3) is 4.36. The lowest BCUT2D eigenvalue weighted by molar-refractivity contribution is 0.600. The first-order valence-electron chi connectivity index (χ1n) is 6.81. The monoisotopic (exact) mass is 331 g/mol. The smallest absolute Gasteiger partial charge is 0.176 e. The third-order valence-corrected chi connectivity index (χ3v) is 5.65. The van der Waals surface area contributed by atoms with Crippen molar-refractivity contribution >= 4 is 21.6 Å². The summed E-state index contributed by atoms with van der Waals surface area (Å²) in [6.07, 6.45) is 1.77. The Morgan fingerprint density at radius 1 is 1.14 bits per heavy atom. The molecule has 0 aromatic heterocycles. The highest BCUT2D eigenvalue weighted by atomic mass is 32.2. The molecule has 22 heavy (non-hydrogen) atoms. The number of nitrogens with zero attached hydrogens (tertiary/aromatic N) is 1. The molecule has 1 atom stereocenters. The highest BCUT2D eigenvalue weighted by molar-refractivity contribution is 8.01. The molecule has 0 bridgehead atoms. The van der Waals surface area contributed by atoms with Crippen molar-refractivity contribution in [1.82, 2.24) is 0 Å². The SMILES string of the molecule is Cc1ccc(CC(C#N)Sc2ccccc2S(C)(=O)=O)cc1. The van der Waals surface area contributed by atoms with E-state index in [1.165, 1.54) is 23.6 Å². The fourth-order valence-corrected chi connectivity index (χ4v) is 4.39. The Labute approximate surface area is 135 Å². The van der Waals surface area contributed by atoms with Crippen molar-refractivity contribution in [2.75, 3.05) is 6.26 Å². The largest absolute Gasteiger partial charge is 0.224 e. The molecule has 0 saturated heterocycles. The van der Waals surface area contributed by atoms with E-state index >= 15 is 0 Å². The van der Waals surface area contributed by atoms with Gasteiger partial charge in [-0.25, -0.2) is 8.42 Å². The van der Waals surface area contributed by atoms with E-state index in [9.17, 15) is 13.7 Å². The predicted molar refractivity (Wildman–Crippen MR) is 89.7 cm³/mol. The lowest BCUT2D eigenvalue weighted by Crippen LogP contribution is -2.06. The molecule has 1 unspecified atom stereocenters. The Kier molecular flexibility index (Phi) is 5.28. The van der Waals surface area contributed by atoms with Crippen LogP contribution in [0.4, 0.5) is 0 Å². The highest BCUT2D eigenvalue weighted by Gasteiger charge is 2.17. The van der Waals surface area contributed by atoms with E-state index in [1.807, 2.05) is 31.2 Å². The molecule has 3 nitrogen and oxygen atoms in total. The van der Waals surface area contributed by atoms with Crippen LogP contribution in [0.25, 0.3) is 0 Å². The average Bonchev–Trinajstić information content (AvgIpc) is 2.48. The Morgan fingerprint density at radius 3 is 2.36 bits per heavy atom. The van der Waals surface area contributed by atoms with Gasteiger partial charge < -0.3 is 0 Å². The molecule has 2 rings (SSSR count). The molecule has 0 N–H and O–H groups in total.